The number of benzene rings is 3. The number of amides is 1. The van der Waals surface area contributed by atoms with Gasteiger partial charge in [0, 0.05) is 30.9 Å². The van der Waals surface area contributed by atoms with Crippen molar-refractivity contribution in [1.29, 1.82) is 0 Å². The molecule has 3 heterocycles. The highest BCUT2D eigenvalue weighted by molar-refractivity contribution is 6.05. The SMILES string of the molecule is O=C(Nc1ccc2nc(OCCN3CCCC3)c(N3CCCC3)nc2c1)c1ccc(-c2ccccc2)cc1. The Labute approximate surface area is 223 Å². The molecule has 7 nitrogen and oxygen atoms in total. The number of fused-ring (bicyclic) bond motifs is 1. The van der Waals surface area contributed by atoms with Crippen molar-refractivity contribution < 1.29 is 9.53 Å². The van der Waals surface area contributed by atoms with Crippen LogP contribution in [0.2, 0.25) is 0 Å². The van der Waals surface area contributed by atoms with Crippen LogP contribution in [-0.2, 0) is 0 Å². The van der Waals surface area contributed by atoms with E-state index in [2.05, 4.69) is 27.2 Å². The molecule has 2 saturated heterocycles. The second kappa shape index (κ2) is 11.2. The molecule has 0 aliphatic carbocycles. The minimum Gasteiger partial charge on any atom is -0.474 e. The summed E-state index contributed by atoms with van der Waals surface area (Å²) in [5, 5.41) is 3.02. The van der Waals surface area contributed by atoms with Crippen molar-refractivity contribution in [2.45, 2.75) is 25.7 Å². The minimum atomic E-state index is -0.154. The Morgan fingerprint density at radius 3 is 2.26 bits per heavy atom. The number of carbonyl (C=O) groups is 1. The van der Waals surface area contributed by atoms with Crippen LogP contribution in [0.25, 0.3) is 22.2 Å². The molecule has 0 atom stereocenters. The van der Waals surface area contributed by atoms with Crippen molar-refractivity contribution in [2.75, 3.05) is 49.5 Å². The van der Waals surface area contributed by atoms with Crippen LogP contribution < -0.4 is 15.0 Å². The number of hydrogen-bond acceptors (Lipinski definition) is 6. The van der Waals surface area contributed by atoms with E-state index in [0.29, 0.717) is 23.7 Å². The van der Waals surface area contributed by atoms with E-state index in [1.54, 1.807) is 0 Å². The van der Waals surface area contributed by atoms with E-state index in [4.69, 9.17) is 14.7 Å². The summed E-state index contributed by atoms with van der Waals surface area (Å²) < 4.78 is 6.19. The molecular weight excluding hydrogens is 474 g/mol. The molecule has 2 fully saturated rings. The van der Waals surface area contributed by atoms with Gasteiger partial charge in [-0.3, -0.25) is 9.69 Å². The van der Waals surface area contributed by atoms with Crippen LogP contribution in [0.4, 0.5) is 11.5 Å². The Bertz CT molecular complexity index is 1400. The van der Waals surface area contributed by atoms with Crippen LogP contribution in [0.3, 0.4) is 0 Å². The lowest BCUT2D eigenvalue weighted by atomic mass is 10.0. The number of likely N-dealkylation sites (tertiary alicyclic amines) is 1. The lowest BCUT2D eigenvalue weighted by molar-refractivity contribution is 0.102. The number of rotatable bonds is 8. The molecule has 2 aliphatic heterocycles. The van der Waals surface area contributed by atoms with E-state index in [0.717, 1.165) is 73.5 Å². The summed E-state index contributed by atoms with van der Waals surface area (Å²) in [6.45, 7) is 5.74. The van der Waals surface area contributed by atoms with Crippen LogP contribution in [-0.4, -0.2) is 60.1 Å². The summed E-state index contributed by atoms with van der Waals surface area (Å²) in [6, 6.07) is 23.5. The van der Waals surface area contributed by atoms with Crippen LogP contribution in [0.1, 0.15) is 36.0 Å². The summed E-state index contributed by atoms with van der Waals surface area (Å²) in [5.74, 6) is 1.25. The fourth-order valence-corrected chi connectivity index (χ4v) is 5.26. The van der Waals surface area contributed by atoms with Gasteiger partial charge in [0.05, 0.1) is 11.0 Å². The molecule has 7 heteroatoms. The topological polar surface area (TPSA) is 70.6 Å². The molecule has 0 bridgehead atoms. The molecule has 0 radical (unpaired) electrons. The molecule has 0 spiro atoms. The van der Waals surface area contributed by atoms with Crippen molar-refractivity contribution in [3.8, 4) is 17.0 Å². The summed E-state index contributed by atoms with van der Waals surface area (Å²) >= 11 is 0. The Morgan fingerprint density at radius 1 is 0.789 bits per heavy atom. The maximum Gasteiger partial charge on any atom is 0.258 e. The van der Waals surface area contributed by atoms with Gasteiger partial charge in [0.2, 0.25) is 0 Å². The van der Waals surface area contributed by atoms with Gasteiger partial charge in [0.25, 0.3) is 11.8 Å². The van der Waals surface area contributed by atoms with Gasteiger partial charge in [-0.1, -0.05) is 42.5 Å². The van der Waals surface area contributed by atoms with Gasteiger partial charge in [-0.05, 0) is 80.2 Å². The number of ether oxygens (including phenoxy) is 1. The Morgan fingerprint density at radius 2 is 1.50 bits per heavy atom. The van der Waals surface area contributed by atoms with Crippen LogP contribution in [0.5, 0.6) is 5.88 Å². The first-order chi connectivity index (χ1) is 18.7. The maximum atomic E-state index is 13.0. The number of carbonyl (C=O) groups excluding carboxylic acids is 1. The Hall–Kier alpha value is -3.97. The van der Waals surface area contributed by atoms with E-state index in [-0.39, 0.29) is 5.91 Å². The molecule has 1 aromatic heterocycles. The monoisotopic (exact) mass is 507 g/mol. The Balaban J connectivity index is 1.19. The predicted octanol–water partition coefficient (Wildman–Crippen LogP) is 5.62. The van der Waals surface area contributed by atoms with Gasteiger partial charge in [0.1, 0.15) is 6.61 Å². The van der Waals surface area contributed by atoms with Crippen LogP contribution in [0.15, 0.2) is 72.8 Å². The average Bonchev–Trinajstić information content (AvgIpc) is 3.68. The van der Waals surface area contributed by atoms with Gasteiger partial charge in [-0.2, -0.15) is 0 Å². The molecule has 0 unspecified atom stereocenters. The summed E-state index contributed by atoms with van der Waals surface area (Å²) in [7, 11) is 0. The first kappa shape index (κ1) is 24.4. The first-order valence-corrected chi connectivity index (χ1v) is 13.6. The molecule has 2 aliphatic rings. The standard InChI is InChI=1S/C31H33N5O2/c37-30(25-12-10-24(11-13-25)23-8-2-1-3-9-23)32-26-14-15-27-28(22-26)33-29(36-18-6-7-19-36)31(34-27)38-21-20-35-16-4-5-17-35/h1-3,8-15,22H,4-7,16-21H2,(H,32,37). The van der Waals surface area contributed by atoms with Gasteiger partial charge >= 0.3 is 0 Å². The normalized spacial score (nSPS) is 15.7. The minimum absolute atomic E-state index is 0.154. The number of aromatic nitrogens is 2. The molecule has 194 valence electrons. The van der Waals surface area contributed by atoms with Crippen molar-refractivity contribution in [3.63, 3.8) is 0 Å². The molecule has 3 aromatic carbocycles. The second-order valence-corrected chi connectivity index (χ2v) is 10.0. The number of nitrogens with one attached hydrogen (secondary N) is 1. The van der Waals surface area contributed by atoms with Crippen molar-refractivity contribution in [3.05, 3.63) is 78.4 Å². The predicted molar refractivity (Wildman–Crippen MR) is 152 cm³/mol. The van der Waals surface area contributed by atoms with E-state index < -0.39 is 0 Å². The highest BCUT2D eigenvalue weighted by atomic mass is 16.5. The third-order valence-electron chi connectivity index (χ3n) is 7.38. The summed E-state index contributed by atoms with van der Waals surface area (Å²) in [5.41, 5.74) is 5.01. The van der Waals surface area contributed by atoms with Crippen molar-refractivity contribution in [1.82, 2.24) is 14.9 Å². The first-order valence-electron chi connectivity index (χ1n) is 13.6. The maximum absolute atomic E-state index is 13.0. The highest BCUT2D eigenvalue weighted by Gasteiger charge is 2.21. The molecule has 1 amide bonds. The lowest BCUT2D eigenvalue weighted by Gasteiger charge is -2.21. The van der Waals surface area contributed by atoms with Gasteiger partial charge in [0.15, 0.2) is 5.82 Å². The van der Waals surface area contributed by atoms with E-state index >= 15 is 0 Å². The summed E-state index contributed by atoms with van der Waals surface area (Å²) in [4.78, 5) is 27.5. The third kappa shape index (κ3) is 5.48. The number of nitrogens with zero attached hydrogens (tertiary/aromatic N) is 4. The zero-order valence-corrected chi connectivity index (χ0v) is 21.6. The van der Waals surface area contributed by atoms with Gasteiger partial charge < -0.3 is 15.0 Å². The lowest BCUT2D eigenvalue weighted by Crippen LogP contribution is -2.26. The van der Waals surface area contributed by atoms with Gasteiger partial charge in [-0.15, -0.1) is 0 Å². The average molecular weight is 508 g/mol. The highest BCUT2D eigenvalue weighted by Crippen LogP contribution is 2.31. The Kier molecular flexibility index (Phi) is 7.18. The van der Waals surface area contributed by atoms with E-state index in [1.165, 1.54) is 12.8 Å². The fraction of sp³-hybridized carbons (Fsp3) is 0.323. The second-order valence-electron chi connectivity index (χ2n) is 10.0. The van der Waals surface area contributed by atoms with Crippen LogP contribution >= 0.6 is 0 Å². The van der Waals surface area contributed by atoms with Crippen LogP contribution in [0, 0.1) is 0 Å². The van der Waals surface area contributed by atoms with Crippen molar-refractivity contribution in [2.24, 2.45) is 0 Å². The number of anilines is 2. The van der Waals surface area contributed by atoms with E-state index in [9.17, 15) is 4.79 Å². The quantitative estimate of drug-likeness (QED) is 0.334. The molecule has 1 N–H and O–H groups in total. The zero-order valence-electron chi connectivity index (χ0n) is 21.6. The molecule has 6 rings (SSSR count). The third-order valence-corrected chi connectivity index (χ3v) is 7.38. The molecule has 0 saturated carbocycles. The molecule has 4 aromatic rings. The molecule has 38 heavy (non-hydrogen) atoms. The molecular formula is C31H33N5O2. The summed E-state index contributed by atoms with van der Waals surface area (Å²) in [6.07, 6.45) is 4.83. The largest absolute Gasteiger partial charge is 0.474 e. The zero-order chi connectivity index (χ0) is 25.7. The van der Waals surface area contributed by atoms with E-state index in [1.807, 2.05) is 60.7 Å². The van der Waals surface area contributed by atoms with Gasteiger partial charge in [-0.25, -0.2) is 9.97 Å². The van der Waals surface area contributed by atoms with Crippen molar-refractivity contribution >= 4 is 28.4 Å². The smallest absolute Gasteiger partial charge is 0.258 e. The fourth-order valence-electron chi connectivity index (χ4n) is 5.26. The number of hydrogen-bond donors (Lipinski definition) is 1.